The smallest absolute Gasteiger partial charge is 0.108 e. The van der Waals surface area contributed by atoms with Crippen LogP contribution in [0.4, 0.5) is 0 Å². The highest BCUT2D eigenvalue weighted by Crippen LogP contribution is 2.42. The second kappa shape index (κ2) is 9.52. The first-order chi connectivity index (χ1) is 14.3. The van der Waals surface area contributed by atoms with E-state index < -0.39 is 0 Å². The standard InChI is InChI=1S/C26H27N3/c27-20-24(17-16-21-10-4-1-5-11-21)28-29-25(22-12-6-2-7-13-22)18-19-26(29)23-14-8-3-9-15-23/h1-15,24-26,28H,16-19H2/t24-,25+,26+/m1/s1. The molecule has 0 unspecified atom stereocenters. The maximum Gasteiger partial charge on any atom is 0.108 e. The number of rotatable bonds is 7. The first kappa shape index (κ1) is 19.4. The van der Waals surface area contributed by atoms with Gasteiger partial charge in [0.15, 0.2) is 0 Å². The Balaban J connectivity index is 1.54. The van der Waals surface area contributed by atoms with Crippen LogP contribution in [0, 0.1) is 11.3 Å². The Bertz CT molecular complexity index is 871. The fourth-order valence-electron chi connectivity index (χ4n) is 4.29. The van der Waals surface area contributed by atoms with Crippen molar-refractivity contribution in [2.45, 2.75) is 43.8 Å². The van der Waals surface area contributed by atoms with E-state index in [-0.39, 0.29) is 18.1 Å². The topological polar surface area (TPSA) is 39.1 Å². The zero-order valence-electron chi connectivity index (χ0n) is 16.6. The van der Waals surface area contributed by atoms with E-state index >= 15 is 0 Å². The van der Waals surface area contributed by atoms with Crippen molar-refractivity contribution < 1.29 is 0 Å². The van der Waals surface area contributed by atoms with Gasteiger partial charge < -0.3 is 0 Å². The summed E-state index contributed by atoms with van der Waals surface area (Å²) in [6.45, 7) is 0. The molecule has 29 heavy (non-hydrogen) atoms. The largest absolute Gasteiger partial charge is 0.237 e. The number of nitriles is 1. The first-order valence-corrected chi connectivity index (χ1v) is 10.4. The highest BCUT2D eigenvalue weighted by atomic mass is 15.6. The Hall–Kier alpha value is -2.93. The number of hydrogen-bond acceptors (Lipinski definition) is 3. The SMILES string of the molecule is N#C[C@@H](CCc1ccccc1)NN1[C@H](c2ccccc2)CC[C@H]1c1ccccc1. The number of hydrazine groups is 1. The lowest BCUT2D eigenvalue weighted by Gasteiger charge is -2.33. The summed E-state index contributed by atoms with van der Waals surface area (Å²) in [4.78, 5) is 0. The van der Waals surface area contributed by atoms with E-state index in [4.69, 9.17) is 0 Å². The number of hydrogen-bond donors (Lipinski definition) is 1. The maximum atomic E-state index is 9.84. The Kier molecular flexibility index (Phi) is 6.36. The van der Waals surface area contributed by atoms with E-state index in [9.17, 15) is 5.26 Å². The van der Waals surface area contributed by atoms with Gasteiger partial charge in [0, 0.05) is 0 Å². The van der Waals surface area contributed by atoms with Gasteiger partial charge in [0.1, 0.15) is 6.04 Å². The fourth-order valence-corrected chi connectivity index (χ4v) is 4.29. The van der Waals surface area contributed by atoms with Crippen molar-refractivity contribution in [1.82, 2.24) is 10.4 Å². The van der Waals surface area contributed by atoms with E-state index in [1.807, 2.05) is 6.07 Å². The van der Waals surface area contributed by atoms with Gasteiger partial charge in [-0.25, -0.2) is 10.4 Å². The summed E-state index contributed by atoms with van der Waals surface area (Å²) in [7, 11) is 0. The first-order valence-electron chi connectivity index (χ1n) is 10.4. The Morgan fingerprint density at radius 1 is 0.793 bits per heavy atom. The molecule has 146 valence electrons. The average molecular weight is 382 g/mol. The molecule has 1 fully saturated rings. The van der Waals surface area contributed by atoms with Crippen molar-refractivity contribution in [2.24, 2.45) is 0 Å². The molecule has 0 spiro atoms. The molecule has 0 aromatic heterocycles. The second-order valence-corrected chi connectivity index (χ2v) is 7.67. The molecule has 0 amide bonds. The molecule has 3 heteroatoms. The van der Waals surface area contributed by atoms with Crippen LogP contribution in [0.2, 0.25) is 0 Å². The molecule has 1 heterocycles. The fraction of sp³-hybridized carbons (Fsp3) is 0.269. The van der Waals surface area contributed by atoms with Crippen LogP contribution < -0.4 is 5.43 Å². The summed E-state index contributed by atoms with van der Waals surface area (Å²) in [5, 5.41) is 12.2. The van der Waals surface area contributed by atoms with Gasteiger partial charge in [0.2, 0.25) is 0 Å². The van der Waals surface area contributed by atoms with Crippen molar-refractivity contribution in [3.8, 4) is 6.07 Å². The van der Waals surface area contributed by atoms with Gasteiger partial charge in [-0.2, -0.15) is 5.26 Å². The molecule has 0 saturated carbocycles. The zero-order chi connectivity index (χ0) is 19.9. The molecule has 1 saturated heterocycles. The summed E-state index contributed by atoms with van der Waals surface area (Å²) in [5.74, 6) is 0. The Morgan fingerprint density at radius 2 is 1.28 bits per heavy atom. The molecular formula is C26H27N3. The lowest BCUT2D eigenvalue weighted by atomic mass is 10.0. The average Bonchev–Trinajstić information content (AvgIpc) is 3.22. The lowest BCUT2D eigenvalue weighted by molar-refractivity contribution is 0.103. The summed E-state index contributed by atoms with van der Waals surface area (Å²) in [6, 6.07) is 34.5. The molecule has 4 rings (SSSR count). The quantitative estimate of drug-likeness (QED) is 0.579. The van der Waals surface area contributed by atoms with E-state index in [1.165, 1.54) is 16.7 Å². The molecule has 1 aliphatic heterocycles. The van der Waals surface area contributed by atoms with Crippen LogP contribution in [0.15, 0.2) is 91.0 Å². The number of aryl methyl sites for hydroxylation is 1. The van der Waals surface area contributed by atoms with Gasteiger partial charge in [-0.3, -0.25) is 0 Å². The summed E-state index contributed by atoms with van der Waals surface area (Å²) in [6.07, 6.45) is 3.84. The van der Waals surface area contributed by atoms with Gasteiger partial charge in [-0.05, 0) is 42.4 Å². The van der Waals surface area contributed by atoms with Gasteiger partial charge in [-0.15, -0.1) is 0 Å². The molecular weight excluding hydrogens is 354 g/mol. The molecule has 1 N–H and O–H groups in total. The molecule has 3 aromatic carbocycles. The summed E-state index contributed by atoms with van der Waals surface area (Å²) < 4.78 is 0. The lowest BCUT2D eigenvalue weighted by Crippen LogP contribution is -2.45. The predicted octanol–water partition coefficient (Wildman–Crippen LogP) is 5.59. The summed E-state index contributed by atoms with van der Waals surface area (Å²) in [5.41, 5.74) is 7.49. The van der Waals surface area contributed by atoms with Crippen molar-refractivity contribution in [3.05, 3.63) is 108 Å². The van der Waals surface area contributed by atoms with Crippen LogP contribution in [0.1, 0.15) is 48.0 Å². The predicted molar refractivity (Wildman–Crippen MR) is 117 cm³/mol. The molecule has 3 aromatic rings. The minimum atomic E-state index is -0.217. The van der Waals surface area contributed by atoms with E-state index in [0.29, 0.717) is 0 Å². The Labute approximate surface area is 173 Å². The molecule has 3 nitrogen and oxygen atoms in total. The molecule has 3 atom stereocenters. The highest BCUT2D eigenvalue weighted by Gasteiger charge is 2.36. The van der Waals surface area contributed by atoms with Crippen LogP contribution in [0.25, 0.3) is 0 Å². The number of nitrogens with zero attached hydrogens (tertiary/aromatic N) is 2. The third kappa shape index (κ3) is 4.74. The maximum absolute atomic E-state index is 9.84. The van der Waals surface area contributed by atoms with Crippen LogP contribution >= 0.6 is 0 Å². The van der Waals surface area contributed by atoms with Crippen LogP contribution in [0.5, 0.6) is 0 Å². The second-order valence-electron chi connectivity index (χ2n) is 7.67. The van der Waals surface area contributed by atoms with Gasteiger partial charge >= 0.3 is 0 Å². The van der Waals surface area contributed by atoms with Crippen molar-refractivity contribution in [3.63, 3.8) is 0 Å². The molecule has 0 bridgehead atoms. The molecule has 1 aliphatic rings. The third-order valence-electron chi connectivity index (χ3n) is 5.78. The van der Waals surface area contributed by atoms with E-state index in [1.54, 1.807) is 0 Å². The van der Waals surface area contributed by atoms with Gasteiger partial charge in [0.25, 0.3) is 0 Å². The minimum absolute atomic E-state index is 0.217. The molecule has 0 aliphatic carbocycles. The van der Waals surface area contributed by atoms with Crippen LogP contribution in [-0.4, -0.2) is 11.1 Å². The van der Waals surface area contributed by atoms with E-state index in [2.05, 4.69) is 101 Å². The van der Waals surface area contributed by atoms with Crippen molar-refractivity contribution >= 4 is 0 Å². The minimum Gasteiger partial charge on any atom is -0.237 e. The van der Waals surface area contributed by atoms with Crippen LogP contribution in [0.3, 0.4) is 0 Å². The number of nitrogens with one attached hydrogen (secondary N) is 1. The molecule has 0 radical (unpaired) electrons. The highest BCUT2D eigenvalue weighted by molar-refractivity contribution is 5.25. The number of benzene rings is 3. The monoisotopic (exact) mass is 381 g/mol. The van der Waals surface area contributed by atoms with Gasteiger partial charge in [-0.1, -0.05) is 91.0 Å². The normalized spacial score (nSPS) is 20.2. The van der Waals surface area contributed by atoms with Gasteiger partial charge in [0.05, 0.1) is 18.2 Å². The zero-order valence-corrected chi connectivity index (χ0v) is 16.6. The van der Waals surface area contributed by atoms with Crippen LogP contribution in [-0.2, 0) is 6.42 Å². The van der Waals surface area contributed by atoms with Crippen molar-refractivity contribution in [1.29, 1.82) is 5.26 Å². The van der Waals surface area contributed by atoms with Crippen molar-refractivity contribution in [2.75, 3.05) is 0 Å². The Morgan fingerprint density at radius 3 is 1.76 bits per heavy atom. The third-order valence-corrected chi connectivity index (χ3v) is 5.78. The summed E-state index contributed by atoms with van der Waals surface area (Å²) >= 11 is 0. The van der Waals surface area contributed by atoms with E-state index in [0.717, 1.165) is 25.7 Å².